The first-order valence-corrected chi connectivity index (χ1v) is 9.08. The number of carbonyl (C=O) groups excluding carboxylic acids is 1. The molecular weight excluding hydrogens is 302 g/mol. The van der Waals surface area contributed by atoms with Crippen LogP contribution in [0.15, 0.2) is 0 Å². The zero-order chi connectivity index (χ0) is 16.3. The summed E-state index contributed by atoms with van der Waals surface area (Å²) in [7, 11) is 0. The zero-order valence-electron chi connectivity index (χ0n) is 13.8. The molecule has 0 aromatic carbocycles. The minimum atomic E-state index is -0.0303. The van der Waals surface area contributed by atoms with Gasteiger partial charge in [-0.3, -0.25) is 10.2 Å². The molecular formula is C18H21N5O. The molecule has 0 saturated carbocycles. The Labute approximate surface area is 140 Å². The highest BCUT2D eigenvalue weighted by atomic mass is 16.1. The van der Waals surface area contributed by atoms with E-state index in [0.717, 1.165) is 63.3 Å². The quantitative estimate of drug-likeness (QED) is 0.690. The third-order valence-corrected chi connectivity index (χ3v) is 5.56. The van der Waals surface area contributed by atoms with E-state index in [1.54, 1.807) is 0 Å². The molecule has 5 rings (SSSR count). The van der Waals surface area contributed by atoms with Crippen molar-refractivity contribution < 1.29 is 4.79 Å². The summed E-state index contributed by atoms with van der Waals surface area (Å²) in [6.45, 7) is 1.69. The third-order valence-electron chi connectivity index (χ3n) is 5.56. The number of rotatable bonds is 0. The maximum atomic E-state index is 13.2. The molecule has 1 aliphatic carbocycles. The second kappa shape index (κ2) is 5.13. The first-order valence-electron chi connectivity index (χ1n) is 9.08. The second-order valence-electron chi connectivity index (χ2n) is 7.08. The van der Waals surface area contributed by atoms with Crippen molar-refractivity contribution in [2.75, 3.05) is 0 Å². The van der Waals surface area contributed by atoms with Crippen molar-refractivity contribution in [2.45, 2.75) is 64.5 Å². The van der Waals surface area contributed by atoms with Crippen LogP contribution in [0.3, 0.4) is 0 Å². The molecule has 3 aliphatic rings. The summed E-state index contributed by atoms with van der Waals surface area (Å²) in [5, 5.41) is 8.72. The smallest absolute Gasteiger partial charge is 0.232 e. The number of carbonyl (C=O) groups is 1. The molecule has 0 amide bonds. The van der Waals surface area contributed by atoms with Crippen molar-refractivity contribution >= 4 is 11.5 Å². The van der Waals surface area contributed by atoms with Crippen LogP contribution in [0.1, 0.15) is 77.7 Å². The fourth-order valence-electron chi connectivity index (χ4n) is 4.36. The van der Waals surface area contributed by atoms with Crippen LogP contribution in [-0.4, -0.2) is 30.6 Å². The number of aromatic nitrogens is 4. The molecule has 0 atom stereocenters. The molecule has 6 nitrogen and oxygen atoms in total. The van der Waals surface area contributed by atoms with Gasteiger partial charge in [0.05, 0.1) is 5.69 Å². The van der Waals surface area contributed by atoms with Crippen molar-refractivity contribution in [2.24, 2.45) is 0 Å². The van der Waals surface area contributed by atoms with Crippen LogP contribution in [0.25, 0.3) is 0 Å². The average Bonchev–Trinajstić information content (AvgIpc) is 2.92. The maximum absolute atomic E-state index is 13.2. The van der Waals surface area contributed by atoms with Gasteiger partial charge in [0.15, 0.2) is 0 Å². The van der Waals surface area contributed by atoms with E-state index >= 15 is 0 Å². The minimum absolute atomic E-state index is 0.0303. The van der Waals surface area contributed by atoms with Crippen LogP contribution < -0.4 is 0 Å². The highest BCUT2D eigenvalue weighted by molar-refractivity contribution is 6.26. The molecule has 2 aromatic heterocycles. The summed E-state index contributed by atoms with van der Waals surface area (Å²) in [5.74, 6) is 1.91. The predicted octanol–water partition coefficient (Wildman–Crippen LogP) is 2.49. The van der Waals surface area contributed by atoms with Gasteiger partial charge in [0.1, 0.15) is 34.4 Å². The summed E-state index contributed by atoms with van der Waals surface area (Å²) in [4.78, 5) is 22.5. The number of fused-ring (bicyclic) bond motifs is 6. The number of hydrogen-bond acceptors (Lipinski definition) is 4. The number of hydrogen-bond donors (Lipinski definition) is 1. The van der Waals surface area contributed by atoms with Gasteiger partial charge in [0.25, 0.3) is 0 Å². The Bertz CT molecular complexity index is 800. The van der Waals surface area contributed by atoms with Crippen molar-refractivity contribution in [1.29, 1.82) is 5.41 Å². The summed E-state index contributed by atoms with van der Waals surface area (Å²) < 4.78 is 4.17. The Balaban J connectivity index is 1.70. The van der Waals surface area contributed by atoms with Crippen LogP contribution in [0, 0.1) is 5.41 Å². The highest BCUT2D eigenvalue weighted by Gasteiger charge is 2.38. The minimum Gasteiger partial charge on any atom is -0.326 e. The lowest BCUT2D eigenvalue weighted by Crippen LogP contribution is -2.25. The number of aryl methyl sites for hydroxylation is 2. The summed E-state index contributed by atoms with van der Waals surface area (Å²) >= 11 is 0. The molecule has 24 heavy (non-hydrogen) atoms. The van der Waals surface area contributed by atoms with Gasteiger partial charge in [0.2, 0.25) is 5.78 Å². The lowest BCUT2D eigenvalue weighted by molar-refractivity contribution is 0.102. The lowest BCUT2D eigenvalue weighted by Gasteiger charge is -2.16. The topological polar surface area (TPSA) is 76.6 Å². The van der Waals surface area contributed by atoms with Gasteiger partial charge in [-0.2, -0.15) is 0 Å². The molecule has 4 heterocycles. The molecule has 6 heteroatoms. The van der Waals surface area contributed by atoms with Crippen LogP contribution in [0.2, 0.25) is 0 Å². The van der Waals surface area contributed by atoms with E-state index in [-0.39, 0.29) is 5.78 Å². The molecule has 0 unspecified atom stereocenters. The van der Waals surface area contributed by atoms with Crippen molar-refractivity contribution in [3.05, 3.63) is 34.4 Å². The predicted molar refractivity (Wildman–Crippen MR) is 88.9 cm³/mol. The molecule has 2 aliphatic heterocycles. The molecule has 1 N–H and O–H groups in total. The molecule has 124 valence electrons. The van der Waals surface area contributed by atoms with E-state index in [1.165, 1.54) is 12.8 Å². The van der Waals surface area contributed by atoms with E-state index in [2.05, 4.69) is 14.1 Å². The fourth-order valence-corrected chi connectivity index (χ4v) is 4.36. The lowest BCUT2D eigenvalue weighted by atomic mass is 9.98. The van der Waals surface area contributed by atoms with Gasteiger partial charge in [-0.05, 0) is 25.7 Å². The van der Waals surface area contributed by atoms with Crippen LogP contribution in [0.5, 0.6) is 0 Å². The molecule has 0 spiro atoms. The van der Waals surface area contributed by atoms with Gasteiger partial charge in [-0.1, -0.05) is 12.8 Å². The highest BCUT2D eigenvalue weighted by Crippen LogP contribution is 2.31. The standard InChI is InChI=1S/C18H21N5O/c19-13-14-17(23-10-6-2-3-7-11(23)20-14)18(24)15-16(13)22-9-5-1-4-8-12(22)21-15/h19H,1-10H2. The summed E-state index contributed by atoms with van der Waals surface area (Å²) in [6.07, 6.45) is 8.54. The van der Waals surface area contributed by atoms with E-state index in [9.17, 15) is 4.79 Å². The van der Waals surface area contributed by atoms with E-state index < -0.39 is 0 Å². The zero-order valence-corrected chi connectivity index (χ0v) is 13.8. The van der Waals surface area contributed by atoms with Crippen LogP contribution in [-0.2, 0) is 25.9 Å². The van der Waals surface area contributed by atoms with E-state index in [1.807, 2.05) is 0 Å². The Kier molecular flexibility index (Phi) is 3.02. The number of ketones is 1. The van der Waals surface area contributed by atoms with Gasteiger partial charge in [-0.15, -0.1) is 0 Å². The molecule has 0 fully saturated rings. The Morgan fingerprint density at radius 2 is 1.33 bits per heavy atom. The second-order valence-corrected chi connectivity index (χ2v) is 7.08. The Morgan fingerprint density at radius 1 is 0.750 bits per heavy atom. The number of nitrogens with one attached hydrogen (secondary N) is 1. The van der Waals surface area contributed by atoms with Gasteiger partial charge >= 0.3 is 0 Å². The van der Waals surface area contributed by atoms with Crippen molar-refractivity contribution in [1.82, 2.24) is 19.1 Å². The summed E-state index contributed by atoms with van der Waals surface area (Å²) in [6, 6.07) is 0. The first-order chi connectivity index (χ1) is 11.8. The Hall–Kier alpha value is -2.24. The van der Waals surface area contributed by atoms with Gasteiger partial charge in [-0.25, -0.2) is 9.97 Å². The first kappa shape index (κ1) is 14.1. The maximum Gasteiger partial charge on any atom is 0.232 e. The monoisotopic (exact) mass is 323 g/mol. The molecule has 2 aromatic rings. The summed E-state index contributed by atoms with van der Waals surface area (Å²) in [5.41, 5.74) is 2.77. The number of nitrogens with zero attached hydrogens (tertiary/aromatic N) is 4. The largest absolute Gasteiger partial charge is 0.326 e. The van der Waals surface area contributed by atoms with E-state index in [4.69, 9.17) is 10.4 Å². The molecule has 0 saturated heterocycles. The van der Waals surface area contributed by atoms with Crippen molar-refractivity contribution in [3.8, 4) is 0 Å². The molecule has 0 radical (unpaired) electrons. The number of imidazole rings is 2. The van der Waals surface area contributed by atoms with Crippen molar-refractivity contribution in [3.63, 3.8) is 0 Å². The average molecular weight is 323 g/mol. The Morgan fingerprint density at radius 3 is 2.00 bits per heavy atom. The third kappa shape index (κ3) is 1.82. The van der Waals surface area contributed by atoms with Gasteiger partial charge in [0, 0.05) is 25.9 Å². The van der Waals surface area contributed by atoms with Gasteiger partial charge < -0.3 is 9.13 Å². The van der Waals surface area contributed by atoms with Crippen LogP contribution in [0.4, 0.5) is 0 Å². The normalized spacial score (nSPS) is 19.8. The van der Waals surface area contributed by atoms with E-state index in [0.29, 0.717) is 28.5 Å². The SMILES string of the molecule is N=C1c2nc3n(c2C(=O)c2nc4n(c21)CCCCC4)CCCCC3. The fraction of sp³-hybridized carbons (Fsp3) is 0.556. The molecule has 0 bridgehead atoms. The van der Waals surface area contributed by atoms with Crippen LogP contribution >= 0.6 is 0 Å².